The van der Waals surface area contributed by atoms with E-state index in [1.165, 1.54) is 17.3 Å². The summed E-state index contributed by atoms with van der Waals surface area (Å²) in [6.07, 6.45) is 1.35. The molecule has 0 saturated carbocycles. The van der Waals surface area contributed by atoms with Gasteiger partial charge in [-0.1, -0.05) is 32.9 Å². The Kier molecular flexibility index (Phi) is 7.92. The van der Waals surface area contributed by atoms with E-state index in [0.717, 1.165) is 22.7 Å². The van der Waals surface area contributed by atoms with Gasteiger partial charge in [0.25, 0.3) is 0 Å². The van der Waals surface area contributed by atoms with Crippen LogP contribution in [0, 0.1) is 0 Å². The third kappa shape index (κ3) is 6.75. The topological polar surface area (TPSA) is 58.2 Å². The highest BCUT2D eigenvalue weighted by Gasteiger charge is 2.15. The first kappa shape index (κ1) is 21.0. The lowest BCUT2D eigenvalue weighted by Crippen LogP contribution is -2.22. The highest BCUT2D eigenvalue weighted by Crippen LogP contribution is 2.26. The molecule has 0 fully saturated rings. The van der Waals surface area contributed by atoms with Crippen molar-refractivity contribution in [3.8, 4) is 0 Å². The predicted octanol–water partition coefficient (Wildman–Crippen LogP) is 5.67. The van der Waals surface area contributed by atoms with Crippen LogP contribution in [-0.2, 0) is 9.59 Å². The van der Waals surface area contributed by atoms with E-state index in [0.29, 0.717) is 12.3 Å². The summed E-state index contributed by atoms with van der Waals surface area (Å²) in [4.78, 5) is 25.0. The number of nitrogens with one attached hydrogen (secondary N) is 2. The number of carbonyl (C=O) groups is 2. The zero-order valence-electron chi connectivity index (χ0n) is 16.4. The molecule has 0 bridgehead atoms. The second kappa shape index (κ2) is 10.2. The van der Waals surface area contributed by atoms with Crippen molar-refractivity contribution >= 4 is 35.0 Å². The van der Waals surface area contributed by atoms with E-state index in [1.54, 1.807) is 0 Å². The van der Waals surface area contributed by atoms with Crippen molar-refractivity contribution in [3.05, 3.63) is 54.1 Å². The molecule has 0 aliphatic heterocycles. The van der Waals surface area contributed by atoms with E-state index in [4.69, 9.17) is 0 Å². The molecule has 2 amide bonds. The molecule has 2 rings (SSSR count). The lowest BCUT2D eigenvalue weighted by atomic mass is 10.0. The summed E-state index contributed by atoms with van der Waals surface area (Å²) in [5, 5.41) is 5.60. The Morgan fingerprint density at radius 2 is 1.44 bits per heavy atom. The molecule has 0 aliphatic rings. The van der Waals surface area contributed by atoms with Crippen LogP contribution in [0.2, 0.25) is 0 Å². The minimum atomic E-state index is -0.227. The molecule has 2 aromatic carbocycles. The van der Waals surface area contributed by atoms with E-state index in [-0.39, 0.29) is 17.1 Å². The molecule has 2 aromatic rings. The van der Waals surface area contributed by atoms with E-state index in [1.807, 2.05) is 62.4 Å². The highest BCUT2D eigenvalue weighted by atomic mass is 32.2. The van der Waals surface area contributed by atoms with Gasteiger partial charge in [0.1, 0.15) is 0 Å². The van der Waals surface area contributed by atoms with Crippen molar-refractivity contribution < 1.29 is 9.59 Å². The van der Waals surface area contributed by atoms with Crippen molar-refractivity contribution in [1.29, 1.82) is 0 Å². The Labute approximate surface area is 166 Å². The van der Waals surface area contributed by atoms with Gasteiger partial charge in [-0.2, -0.15) is 0 Å². The number of amides is 2. The molecule has 0 heterocycles. The predicted molar refractivity (Wildman–Crippen MR) is 114 cm³/mol. The molecular weight excluding hydrogens is 356 g/mol. The van der Waals surface area contributed by atoms with Gasteiger partial charge in [0.2, 0.25) is 11.8 Å². The summed E-state index contributed by atoms with van der Waals surface area (Å²) in [5.41, 5.74) is 2.84. The Balaban J connectivity index is 1.89. The van der Waals surface area contributed by atoms with Crippen LogP contribution in [-0.4, -0.2) is 17.1 Å². The molecule has 0 saturated heterocycles. The van der Waals surface area contributed by atoms with Gasteiger partial charge >= 0.3 is 0 Å². The normalized spacial score (nSPS) is 11.9. The minimum absolute atomic E-state index is 0.0223. The number of rotatable bonds is 8. The monoisotopic (exact) mass is 384 g/mol. The third-order valence-electron chi connectivity index (χ3n) is 4.14. The van der Waals surface area contributed by atoms with Gasteiger partial charge in [-0.05, 0) is 61.2 Å². The molecule has 1 unspecified atom stereocenters. The van der Waals surface area contributed by atoms with E-state index < -0.39 is 0 Å². The first-order valence-electron chi connectivity index (χ1n) is 9.36. The summed E-state index contributed by atoms with van der Waals surface area (Å²) in [7, 11) is 0. The van der Waals surface area contributed by atoms with Gasteiger partial charge in [-0.15, -0.1) is 11.8 Å². The molecule has 0 aromatic heterocycles. The molecule has 1 atom stereocenters. The molecular formula is C22H28N2O2S. The molecule has 4 nitrogen and oxygen atoms in total. The Morgan fingerprint density at radius 3 is 2.00 bits per heavy atom. The van der Waals surface area contributed by atoms with Gasteiger partial charge in [0.05, 0.1) is 5.25 Å². The van der Waals surface area contributed by atoms with E-state index >= 15 is 0 Å². The lowest BCUT2D eigenvalue weighted by Gasteiger charge is -2.13. The van der Waals surface area contributed by atoms with Crippen LogP contribution in [0.4, 0.5) is 11.4 Å². The number of anilines is 2. The minimum Gasteiger partial charge on any atom is -0.326 e. The van der Waals surface area contributed by atoms with Crippen molar-refractivity contribution in [2.45, 2.75) is 56.6 Å². The van der Waals surface area contributed by atoms with Crippen LogP contribution in [0.5, 0.6) is 0 Å². The lowest BCUT2D eigenvalue weighted by molar-refractivity contribution is -0.116. The molecule has 0 aliphatic carbocycles. The summed E-state index contributed by atoms with van der Waals surface area (Å²) in [6, 6.07) is 15.6. The number of benzene rings is 2. The SMILES string of the molecule is CCCC(=O)Nc1ccc(SC(C)C(=O)Nc2ccc(C(C)C)cc2)cc1. The van der Waals surface area contributed by atoms with Crippen molar-refractivity contribution in [1.82, 2.24) is 0 Å². The van der Waals surface area contributed by atoms with Gasteiger partial charge in [0, 0.05) is 22.7 Å². The fourth-order valence-electron chi connectivity index (χ4n) is 2.52. The first-order chi connectivity index (χ1) is 12.9. The summed E-state index contributed by atoms with van der Waals surface area (Å²) < 4.78 is 0. The van der Waals surface area contributed by atoms with Crippen LogP contribution < -0.4 is 10.6 Å². The van der Waals surface area contributed by atoms with Crippen LogP contribution in [0.15, 0.2) is 53.4 Å². The first-order valence-corrected chi connectivity index (χ1v) is 10.2. The van der Waals surface area contributed by atoms with Gasteiger partial charge in [0.15, 0.2) is 0 Å². The molecule has 144 valence electrons. The van der Waals surface area contributed by atoms with Gasteiger partial charge in [-0.3, -0.25) is 9.59 Å². The summed E-state index contributed by atoms with van der Waals surface area (Å²) in [5.74, 6) is 0.464. The highest BCUT2D eigenvalue weighted by molar-refractivity contribution is 8.00. The second-order valence-corrected chi connectivity index (χ2v) is 8.26. The average Bonchev–Trinajstić information content (AvgIpc) is 2.64. The summed E-state index contributed by atoms with van der Waals surface area (Å²) >= 11 is 1.49. The second-order valence-electron chi connectivity index (χ2n) is 6.85. The Morgan fingerprint density at radius 1 is 0.889 bits per heavy atom. The van der Waals surface area contributed by atoms with Crippen LogP contribution in [0.1, 0.15) is 52.0 Å². The fraction of sp³-hybridized carbons (Fsp3) is 0.364. The number of thioether (sulfide) groups is 1. The van der Waals surface area contributed by atoms with Gasteiger partial charge in [-0.25, -0.2) is 0 Å². The fourth-order valence-corrected chi connectivity index (χ4v) is 3.39. The van der Waals surface area contributed by atoms with Crippen molar-refractivity contribution in [2.75, 3.05) is 10.6 Å². The summed E-state index contributed by atoms with van der Waals surface area (Å²) in [6.45, 7) is 8.16. The number of hydrogen-bond acceptors (Lipinski definition) is 3. The van der Waals surface area contributed by atoms with Gasteiger partial charge < -0.3 is 10.6 Å². The zero-order valence-corrected chi connectivity index (χ0v) is 17.2. The molecule has 2 N–H and O–H groups in total. The molecule has 0 spiro atoms. The standard InChI is InChI=1S/C22H28N2O2S/c1-5-6-21(25)23-18-11-13-20(14-12-18)27-16(4)22(26)24-19-9-7-17(8-10-19)15(2)3/h7-16H,5-6H2,1-4H3,(H,23,25)(H,24,26). The van der Waals surface area contributed by atoms with Crippen LogP contribution in [0.25, 0.3) is 0 Å². The third-order valence-corrected chi connectivity index (χ3v) is 5.25. The average molecular weight is 385 g/mol. The Bertz CT molecular complexity index is 755. The van der Waals surface area contributed by atoms with E-state index in [9.17, 15) is 9.59 Å². The number of hydrogen-bond donors (Lipinski definition) is 2. The maximum absolute atomic E-state index is 12.4. The maximum Gasteiger partial charge on any atom is 0.237 e. The smallest absolute Gasteiger partial charge is 0.237 e. The largest absolute Gasteiger partial charge is 0.326 e. The maximum atomic E-state index is 12.4. The number of carbonyl (C=O) groups excluding carboxylic acids is 2. The quantitative estimate of drug-likeness (QED) is 0.577. The Hall–Kier alpha value is -2.27. The van der Waals surface area contributed by atoms with Crippen LogP contribution >= 0.6 is 11.8 Å². The van der Waals surface area contributed by atoms with Crippen molar-refractivity contribution in [3.63, 3.8) is 0 Å². The zero-order chi connectivity index (χ0) is 19.8. The molecule has 0 radical (unpaired) electrons. The molecule has 5 heteroatoms. The van der Waals surface area contributed by atoms with Crippen molar-refractivity contribution in [2.24, 2.45) is 0 Å². The van der Waals surface area contributed by atoms with Crippen LogP contribution in [0.3, 0.4) is 0 Å². The van der Waals surface area contributed by atoms with E-state index in [2.05, 4.69) is 24.5 Å². The molecule has 27 heavy (non-hydrogen) atoms.